The van der Waals surface area contributed by atoms with Gasteiger partial charge in [0.2, 0.25) is 0 Å². The third-order valence-corrected chi connectivity index (χ3v) is 6.18. The van der Waals surface area contributed by atoms with Crippen LogP contribution in [0, 0.1) is 17.0 Å². The molecule has 9 nitrogen and oxygen atoms in total. The lowest BCUT2D eigenvalue weighted by Gasteiger charge is -2.20. The molecule has 0 atom stereocenters. The summed E-state index contributed by atoms with van der Waals surface area (Å²) in [5, 5.41) is 13.5. The summed E-state index contributed by atoms with van der Waals surface area (Å²) < 4.78 is 27.1. The Labute approximate surface area is 173 Å². The fourth-order valence-electron chi connectivity index (χ4n) is 2.68. The van der Waals surface area contributed by atoms with Crippen LogP contribution in [0.3, 0.4) is 0 Å². The zero-order chi connectivity index (χ0) is 21.9. The van der Waals surface area contributed by atoms with E-state index in [1.807, 2.05) is 6.92 Å². The highest BCUT2D eigenvalue weighted by Crippen LogP contribution is 2.25. The van der Waals surface area contributed by atoms with Crippen LogP contribution in [0.4, 0.5) is 17.1 Å². The number of nitrogens with zero attached hydrogens (tertiary/aromatic N) is 3. The van der Waals surface area contributed by atoms with Crippen LogP contribution in [0.2, 0.25) is 0 Å². The second-order valence-electron chi connectivity index (χ2n) is 6.44. The Morgan fingerprint density at radius 2 is 1.83 bits per heavy atom. The highest BCUT2D eigenvalue weighted by molar-refractivity contribution is 7.92. The number of amides is 1. The van der Waals surface area contributed by atoms with Crippen LogP contribution in [-0.4, -0.2) is 31.3 Å². The summed E-state index contributed by atoms with van der Waals surface area (Å²) in [6.45, 7) is 1.90. The van der Waals surface area contributed by atoms with Crippen LogP contribution in [0.15, 0.2) is 71.9 Å². The summed E-state index contributed by atoms with van der Waals surface area (Å²) in [5.74, 6) is -0.681. The van der Waals surface area contributed by atoms with Gasteiger partial charge in [-0.05, 0) is 43.3 Å². The van der Waals surface area contributed by atoms with E-state index in [-0.39, 0.29) is 21.8 Å². The van der Waals surface area contributed by atoms with Crippen molar-refractivity contribution in [2.45, 2.75) is 11.8 Å². The van der Waals surface area contributed by atoms with Gasteiger partial charge in [0.15, 0.2) is 0 Å². The van der Waals surface area contributed by atoms with Gasteiger partial charge < -0.3 is 5.32 Å². The van der Waals surface area contributed by atoms with Gasteiger partial charge in [0, 0.05) is 18.8 Å². The number of sulfonamides is 1. The molecular formula is C20H18N4O5S. The zero-order valence-corrected chi connectivity index (χ0v) is 17.0. The molecule has 10 heteroatoms. The molecule has 0 aliphatic rings. The third-order valence-electron chi connectivity index (χ3n) is 4.40. The van der Waals surface area contributed by atoms with E-state index in [1.165, 1.54) is 43.6 Å². The maximum absolute atomic E-state index is 13.0. The average molecular weight is 426 g/mol. The van der Waals surface area contributed by atoms with Gasteiger partial charge in [-0.2, -0.15) is 0 Å². The molecule has 0 unspecified atom stereocenters. The van der Waals surface area contributed by atoms with Crippen molar-refractivity contribution in [1.82, 2.24) is 4.98 Å². The van der Waals surface area contributed by atoms with Gasteiger partial charge in [0.1, 0.15) is 11.9 Å². The number of rotatable bonds is 6. The van der Waals surface area contributed by atoms with E-state index in [2.05, 4.69) is 10.3 Å². The number of hydrogen-bond donors (Lipinski definition) is 1. The van der Waals surface area contributed by atoms with Crippen molar-refractivity contribution >= 4 is 33.0 Å². The largest absolute Gasteiger partial charge is 0.316 e. The van der Waals surface area contributed by atoms with E-state index in [0.29, 0.717) is 5.69 Å². The molecule has 0 bridgehead atoms. The minimum absolute atomic E-state index is 0.0370. The molecule has 3 aromatic rings. The monoisotopic (exact) mass is 426 g/mol. The number of aryl methyl sites for hydroxylation is 1. The van der Waals surface area contributed by atoms with Crippen LogP contribution < -0.4 is 9.62 Å². The molecule has 1 N–H and O–H groups in total. The molecule has 1 amide bonds. The van der Waals surface area contributed by atoms with E-state index in [4.69, 9.17) is 0 Å². The van der Waals surface area contributed by atoms with Crippen molar-refractivity contribution in [3.8, 4) is 0 Å². The van der Waals surface area contributed by atoms with Crippen molar-refractivity contribution in [3.63, 3.8) is 0 Å². The van der Waals surface area contributed by atoms with Crippen molar-refractivity contribution in [2.75, 3.05) is 16.7 Å². The smallest absolute Gasteiger partial charge is 0.310 e. The molecule has 30 heavy (non-hydrogen) atoms. The molecule has 154 valence electrons. The molecule has 1 heterocycles. The first kappa shape index (κ1) is 20.9. The van der Waals surface area contributed by atoms with Crippen molar-refractivity contribution in [2.24, 2.45) is 0 Å². The first-order chi connectivity index (χ1) is 14.2. The Morgan fingerprint density at radius 1 is 1.13 bits per heavy atom. The summed E-state index contributed by atoms with van der Waals surface area (Å²) in [5.41, 5.74) is 1.11. The highest BCUT2D eigenvalue weighted by Gasteiger charge is 2.23. The normalized spacial score (nSPS) is 11.0. The van der Waals surface area contributed by atoms with Gasteiger partial charge in [-0.25, -0.2) is 8.42 Å². The standard InChI is InChI=1S/C20H18N4O5S/c1-14-6-8-16(9-7-14)23(2)30(28,29)17-5-3-4-15(12-17)20(25)22-18-10-11-21-13-19(18)24(26)27/h3-13H,1-2H3,(H,21,22,25). The van der Waals surface area contributed by atoms with Gasteiger partial charge in [0.25, 0.3) is 15.9 Å². The number of nitro groups is 1. The number of pyridine rings is 1. The quantitative estimate of drug-likeness (QED) is 0.476. The van der Waals surface area contributed by atoms with Crippen LogP contribution in [0.25, 0.3) is 0 Å². The van der Waals surface area contributed by atoms with Gasteiger partial charge in [-0.15, -0.1) is 0 Å². The fraction of sp³-hybridized carbons (Fsp3) is 0.100. The molecule has 0 spiro atoms. The minimum Gasteiger partial charge on any atom is -0.316 e. The van der Waals surface area contributed by atoms with E-state index < -0.39 is 20.9 Å². The predicted octanol–water partition coefficient (Wildman–Crippen LogP) is 3.38. The number of carbonyl (C=O) groups excluding carboxylic acids is 1. The summed E-state index contributed by atoms with van der Waals surface area (Å²) >= 11 is 0. The van der Waals surface area contributed by atoms with Crippen LogP contribution in [0.5, 0.6) is 0 Å². The SMILES string of the molecule is Cc1ccc(N(C)S(=O)(=O)c2cccc(C(=O)Nc3ccncc3[N+](=O)[O-])c2)cc1. The van der Waals surface area contributed by atoms with Crippen LogP contribution in [0.1, 0.15) is 15.9 Å². The molecule has 1 aromatic heterocycles. The lowest BCUT2D eigenvalue weighted by atomic mass is 10.2. The van der Waals surface area contributed by atoms with Gasteiger partial charge in [-0.1, -0.05) is 23.8 Å². The first-order valence-corrected chi connectivity index (χ1v) is 10.2. The van der Waals surface area contributed by atoms with Crippen molar-refractivity contribution < 1.29 is 18.1 Å². The Bertz CT molecular complexity index is 1210. The minimum atomic E-state index is -3.92. The van der Waals surface area contributed by atoms with Crippen molar-refractivity contribution in [3.05, 3.63) is 88.2 Å². The maximum atomic E-state index is 13.0. The Hall–Kier alpha value is -3.79. The fourth-order valence-corrected chi connectivity index (χ4v) is 3.92. The van der Waals surface area contributed by atoms with Gasteiger partial charge >= 0.3 is 5.69 Å². The molecule has 3 rings (SSSR count). The van der Waals surface area contributed by atoms with Gasteiger partial charge in [-0.3, -0.25) is 24.2 Å². The number of nitrogens with one attached hydrogen (secondary N) is 1. The van der Waals surface area contributed by atoms with Crippen LogP contribution >= 0.6 is 0 Å². The third kappa shape index (κ3) is 4.28. The van der Waals surface area contributed by atoms with Crippen molar-refractivity contribution in [1.29, 1.82) is 0 Å². The summed E-state index contributed by atoms with van der Waals surface area (Å²) in [6.07, 6.45) is 2.33. The predicted molar refractivity (Wildman–Crippen MR) is 112 cm³/mol. The number of anilines is 2. The summed E-state index contributed by atoms with van der Waals surface area (Å²) in [4.78, 5) is 26.6. The molecule has 0 aliphatic heterocycles. The highest BCUT2D eigenvalue weighted by atomic mass is 32.2. The lowest BCUT2D eigenvalue weighted by molar-refractivity contribution is -0.384. The Kier molecular flexibility index (Phi) is 5.79. The molecule has 0 saturated carbocycles. The summed E-state index contributed by atoms with van der Waals surface area (Å²) in [7, 11) is -2.50. The molecule has 0 radical (unpaired) electrons. The van der Waals surface area contributed by atoms with E-state index in [9.17, 15) is 23.3 Å². The second-order valence-corrected chi connectivity index (χ2v) is 8.41. The summed E-state index contributed by atoms with van der Waals surface area (Å²) in [6, 6.07) is 13.7. The van der Waals surface area contributed by atoms with E-state index >= 15 is 0 Å². The lowest BCUT2D eigenvalue weighted by Crippen LogP contribution is -2.26. The second kappa shape index (κ2) is 8.29. The van der Waals surface area contributed by atoms with E-state index in [1.54, 1.807) is 24.3 Å². The number of benzene rings is 2. The number of hydrogen-bond acceptors (Lipinski definition) is 6. The number of carbonyl (C=O) groups is 1. The molecule has 2 aromatic carbocycles. The molecule has 0 fully saturated rings. The molecule has 0 saturated heterocycles. The Morgan fingerprint density at radius 3 is 2.50 bits per heavy atom. The van der Waals surface area contributed by atoms with E-state index in [0.717, 1.165) is 16.1 Å². The average Bonchev–Trinajstić information content (AvgIpc) is 2.74. The maximum Gasteiger partial charge on any atom is 0.310 e. The van der Waals surface area contributed by atoms with Gasteiger partial charge in [0.05, 0.1) is 15.5 Å². The first-order valence-electron chi connectivity index (χ1n) is 8.75. The topological polar surface area (TPSA) is 123 Å². The molecular weight excluding hydrogens is 408 g/mol. The van der Waals surface area contributed by atoms with Crippen LogP contribution in [-0.2, 0) is 10.0 Å². The number of aromatic nitrogens is 1. The molecule has 0 aliphatic carbocycles. The zero-order valence-electron chi connectivity index (χ0n) is 16.1. The Balaban J connectivity index is 1.89.